The molecule has 3 aliphatic rings. The van der Waals surface area contributed by atoms with Crippen LogP contribution in [0.2, 0.25) is 0 Å². The van der Waals surface area contributed by atoms with Crippen molar-refractivity contribution in [3.05, 3.63) is 0 Å². The number of carboxylic acids is 1. The van der Waals surface area contributed by atoms with Crippen LogP contribution in [0.5, 0.6) is 0 Å². The van der Waals surface area contributed by atoms with Crippen molar-refractivity contribution in [2.24, 2.45) is 11.8 Å². The molecule has 0 spiro atoms. The molecule has 2 amide bonds. The maximum absolute atomic E-state index is 12.5. The molecular weight excluding hydrogens is 246 g/mol. The normalized spacial score (nSPS) is 32.9. The van der Waals surface area contributed by atoms with Gasteiger partial charge in [0.1, 0.15) is 0 Å². The Morgan fingerprint density at radius 3 is 2.00 bits per heavy atom. The smallest absolute Gasteiger partial charge is 0.305 e. The topological polar surface area (TPSA) is 74.7 Å². The van der Waals surface area contributed by atoms with Gasteiger partial charge in [0, 0.05) is 0 Å². The van der Waals surface area contributed by atoms with Crippen LogP contribution in [0.4, 0.5) is 0 Å². The van der Waals surface area contributed by atoms with Crippen LogP contribution in [0, 0.1) is 11.8 Å². The van der Waals surface area contributed by atoms with Gasteiger partial charge in [-0.3, -0.25) is 19.3 Å². The highest BCUT2D eigenvalue weighted by molar-refractivity contribution is 6.06. The van der Waals surface area contributed by atoms with Crippen molar-refractivity contribution < 1.29 is 19.5 Å². The van der Waals surface area contributed by atoms with Gasteiger partial charge in [-0.1, -0.05) is 12.8 Å². The van der Waals surface area contributed by atoms with Crippen molar-refractivity contribution in [3.63, 3.8) is 0 Å². The van der Waals surface area contributed by atoms with Gasteiger partial charge >= 0.3 is 5.97 Å². The van der Waals surface area contributed by atoms with Crippen LogP contribution < -0.4 is 0 Å². The summed E-state index contributed by atoms with van der Waals surface area (Å²) in [5.74, 6) is -1.47. The number of fused-ring (bicyclic) bond motifs is 1. The van der Waals surface area contributed by atoms with Crippen molar-refractivity contribution in [1.82, 2.24) is 4.90 Å². The number of hydrogen-bond donors (Lipinski definition) is 1. The van der Waals surface area contributed by atoms with E-state index in [1.54, 1.807) is 0 Å². The molecule has 0 radical (unpaired) electrons. The lowest BCUT2D eigenvalue weighted by Gasteiger charge is -2.46. The second-order valence-corrected chi connectivity index (χ2v) is 6.16. The zero-order valence-electron chi connectivity index (χ0n) is 10.9. The number of rotatable bonds is 3. The summed E-state index contributed by atoms with van der Waals surface area (Å²) in [4.78, 5) is 37.4. The Labute approximate surface area is 112 Å². The molecule has 2 saturated carbocycles. The molecule has 2 unspecified atom stereocenters. The third kappa shape index (κ3) is 1.78. The molecule has 1 aliphatic heterocycles. The predicted octanol–water partition coefficient (Wildman–Crippen LogP) is 1.56. The minimum atomic E-state index is -0.921. The van der Waals surface area contributed by atoms with Crippen LogP contribution in [0.15, 0.2) is 0 Å². The highest BCUT2D eigenvalue weighted by Crippen LogP contribution is 2.48. The largest absolute Gasteiger partial charge is 0.481 e. The number of carbonyl (C=O) groups is 3. The SMILES string of the molecule is O=C(O)CC1(N2C(=O)C3CCCCC3C2=O)CCC1. The third-order valence-corrected chi connectivity index (χ3v) is 5.08. The summed E-state index contributed by atoms with van der Waals surface area (Å²) in [6.45, 7) is 0. The molecule has 19 heavy (non-hydrogen) atoms. The fourth-order valence-electron chi connectivity index (χ4n) is 3.98. The molecule has 104 valence electrons. The fraction of sp³-hybridized carbons (Fsp3) is 0.786. The average Bonchev–Trinajstić information content (AvgIpc) is 2.58. The zero-order valence-corrected chi connectivity index (χ0v) is 10.9. The first kappa shape index (κ1) is 12.6. The maximum atomic E-state index is 12.5. The predicted molar refractivity (Wildman–Crippen MR) is 66.1 cm³/mol. The molecule has 1 N–H and O–H groups in total. The van der Waals surface area contributed by atoms with Crippen LogP contribution in [-0.4, -0.2) is 33.3 Å². The molecule has 0 bridgehead atoms. The van der Waals surface area contributed by atoms with Gasteiger partial charge in [-0.05, 0) is 32.1 Å². The number of carbonyl (C=O) groups excluding carboxylic acids is 2. The average molecular weight is 265 g/mol. The Balaban J connectivity index is 1.89. The summed E-state index contributed by atoms with van der Waals surface area (Å²) < 4.78 is 0. The van der Waals surface area contributed by atoms with E-state index in [4.69, 9.17) is 5.11 Å². The van der Waals surface area contributed by atoms with Crippen LogP contribution >= 0.6 is 0 Å². The summed E-state index contributed by atoms with van der Waals surface area (Å²) >= 11 is 0. The van der Waals surface area contributed by atoms with E-state index in [9.17, 15) is 14.4 Å². The molecule has 0 aromatic carbocycles. The number of hydrogen-bond acceptors (Lipinski definition) is 3. The van der Waals surface area contributed by atoms with Crippen molar-refractivity contribution in [1.29, 1.82) is 0 Å². The van der Waals surface area contributed by atoms with Gasteiger partial charge in [-0.25, -0.2) is 0 Å². The van der Waals surface area contributed by atoms with Crippen molar-refractivity contribution in [3.8, 4) is 0 Å². The molecule has 0 aromatic rings. The van der Waals surface area contributed by atoms with E-state index < -0.39 is 11.5 Å². The molecule has 5 nitrogen and oxygen atoms in total. The van der Waals surface area contributed by atoms with Gasteiger partial charge < -0.3 is 5.11 Å². The van der Waals surface area contributed by atoms with Gasteiger partial charge in [0.15, 0.2) is 0 Å². The van der Waals surface area contributed by atoms with Gasteiger partial charge in [0.2, 0.25) is 11.8 Å². The van der Waals surface area contributed by atoms with E-state index in [0.717, 1.165) is 32.1 Å². The van der Waals surface area contributed by atoms with E-state index in [2.05, 4.69) is 0 Å². The van der Waals surface area contributed by atoms with Crippen molar-refractivity contribution >= 4 is 17.8 Å². The molecule has 5 heteroatoms. The van der Waals surface area contributed by atoms with Gasteiger partial charge in [-0.2, -0.15) is 0 Å². The minimum absolute atomic E-state index is 0.0933. The van der Waals surface area contributed by atoms with E-state index in [1.807, 2.05) is 0 Å². The summed E-state index contributed by atoms with van der Waals surface area (Å²) in [6.07, 6.45) is 5.68. The Hall–Kier alpha value is -1.39. The van der Waals surface area contributed by atoms with Crippen molar-refractivity contribution in [2.45, 2.75) is 56.9 Å². The number of amides is 2. The first-order valence-electron chi connectivity index (χ1n) is 7.15. The fourth-order valence-corrected chi connectivity index (χ4v) is 3.98. The number of carboxylic acid groups (broad SMARTS) is 1. The maximum Gasteiger partial charge on any atom is 0.305 e. The molecule has 1 saturated heterocycles. The highest BCUT2D eigenvalue weighted by atomic mass is 16.4. The molecular formula is C14H19NO4. The number of nitrogens with zero attached hydrogens (tertiary/aromatic N) is 1. The van der Waals surface area contributed by atoms with Gasteiger partial charge in [0.25, 0.3) is 0 Å². The Morgan fingerprint density at radius 2 is 1.63 bits per heavy atom. The van der Waals surface area contributed by atoms with E-state index in [1.165, 1.54) is 4.90 Å². The monoisotopic (exact) mass is 265 g/mol. The highest BCUT2D eigenvalue weighted by Gasteiger charge is 2.58. The lowest BCUT2D eigenvalue weighted by molar-refractivity contribution is -0.156. The Morgan fingerprint density at radius 1 is 1.11 bits per heavy atom. The van der Waals surface area contributed by atoms with Gasteiger partial charge in [0.05, 0.1) is 23.8 Å². The lowest BCUT2D eigenvalue weighted by Crippen LogP contribution is -2.57. The van der Waals surface area contributed by atoms with E-state index >= 15 is 0 Å². The number of likely N-dealkylation sites (tertiary alicyclic amines) is 1. The minimum Gasteiger partial charge on any atom is -0.481 e. The van der Waals surface area contributed by atoms with Gasteiger partial charge in [-0.15, -0.1) is 0 Å². The second kappa shape index (κ2) is 4.32. The van der Waals surface area contributed by atoms with E-state index in [0.29, 0.717) is 12.8 Å². The summed E-state index contributed by atoms with van der Waals surface area (Å²) in [7, 11) is 0. The Bertz CT molecular complexity index is 417. The summed E-state index contributed by atoms with van der Waals surface area (Å²) in [5.41, 5.74) is -0.711. The number of imide groups is 1. The third-order valence-electron chi connectivity index (χ3n) is 5.08. The standard InChI is InChI=1S/C14H19NO4/c16-11(17)8-14(6-3-7-14)15-12(18)9-4-1-2-5-10(9)13(15)19/h9-10H,1-8H2,(H,16,17). The molecule has 3 fully saturated rings. The quantitative estimate of drug-likeness (QED) is 0.786. The van der Waals surface area contributed by atoms with Crippen LogP contribution in [0.3, 0.4) is 0 Å². The summed E-state index contributed by atoms with van der Waals surface area (Å²) in [6, 6.07) is 0. The molecule has 2 atom stereocenters. The molecule has 0 aromatic heterocycles. The second-order valence-electron chi connectivity index (χ2n) is 6.16. The number of aliphatic carboxylic acids is 1. The molecule has 3 rings (SSSR count). The zero-order chi connectivity index (χ0) is 13.6. The Kier molecular flexibility index (Phi) is 2.87. The van der Waals surface area contributed by atoms with E-state index in [-0.39, 0.29) is 30.1 Å². The molecule has 1 heterocycles. The summed E-state index contributed by atoms with van der Waals surface area (Å²) in [5, 5.41) is 9.06. The first-order valence-corrected chi connectivity index (χ1v) is 7.15. The van der Waals surface area contributed by atoms with Crippen molar-refractivity contribution in [2.75, 3.05) is 0 Å². The van der Waals surface area contributed by atoms with Crippen LogP contribution in [0.25, 0.3) is 0 Å². The lowest BCUT2D eigenvalue weighted by atomic mass is 9.73. The molecule has 2 aliphatic carbocycles. The van der Waals surface area contributed by atoms with Crippen LogP contribution in [-0.2, 0) is 14.4 Å². The first-order chi connectivity index (χ1) is 9.05. The van der Waals surface area contributed by atoms with Crippen LogP contribution in [0.1, 0.15) is 51.4 Å².